The van der Waals surface area contributed by atoms with Crippen molar-refractivity contribution in [2.75, 3.05) is 5.32 Å². The van der Waals surface area contributed by atoms with Gasteiger partial charge in [-0.2, -0.15) is 0 Å². The molecular formula is C16H15N3O4. The first-order chi connectivity index (χ1) is 11.0. The molecule has 2 rings (SSSR count). The summed E-state index contributed by atoms with van der Waals surface area (Å²) < 4.78 is 5.08. The van der Waals surface area contributed by atoms with E-state index < -0.39 is 23.9 Å². The van der Waals surface area contributed by atoms with Gasteiger partial charge in [0.2, 0.25) is 5.91 Å². The van der Waals surface area contributed by atoms with Gasteiger partial charge in [-0.25, -0.2) is 4.79 Å². The highest BCUT2D eigenvalue weighted by Crippen LogP contribution is 2.11. The summed E-state index contributed by atoms with van der Waals surface area (Å²) in [6.07, 6.45) is 1.94. The first kappa shape index (κ1) is 16.2. The molecule has 0 saturated heterocycles. The number of esters is 1. The minimum Gasteiger partial charge on any atom is -0.449 e. The number of aromatic nitrogens is 1. The zero-order chi connectivity index (χ0) is 16.8. The number of benzene rings is 1. The van der Waals surface area contributed by atoms with Gasteiger partial charge in [0.15, 0.2) is 6.10 Å². The lowest BCUT2D eigenvalue weighted by Gasteiger charge is -2.13. The molecule has 0 unspecified atom stereocenters. The van der Waals surface area contributed by atoms with E-state index in [1.54, 1.807) is 0 Å². The van der Waals surface area contributed by atoms with Crippen LogP contribution in [-0.2, 0) is 9.53 Å². The number of carbonyl (C=O) groups excluding carboxylic acids is 3. The lowest BCUT2D eigenvalue weighted by atomic mass is 10.2. The topological polar surface area (TPSA) is 111 Å². The maximum Gasteiger partial charge on any atom is 0.339 e. The van der Waals surface area contributed by atoms with Gasteiger partial charge in [-0.1, -0.05) is 0 Å². The van der Waals surface area contributed by atoms with E-state index in [0.717, 1.165) is 0 Å². The van der Waals surface area contributed by atoms with Crippen LogP contribution in [0.5, 0.6) is 0 Å². The molecule has 1 atom stereocenters. The van der Waals surface area contributed by atoms with E-state index in [4.69, 9.17) is 10.5 Å². The third-order valence-electron chi connectivity index (χ3n) is 3.01. The van der Waals surface area contributed by atoms with Crippen molar-refractivity contribution in [1.82, 2.24) is 4.98 Å². The predicted molar refractivity (Wildman–Crippen MR) is 82.7 cm³/mol. The highest BCUT2D eigenvalue weighted by molar-refractivity contribution is 5.98. The van der Waals surface area contributed by atoms with Crippen LogP contribution in [0.1, 0.15) is 27.6 Å². The van der Waals surface area contributed by atoms with Gasteiger partial charge in [-0.05, 0) is 43.3 Å². The van der Waals surface area contributed by atoms with Gasteiger partial charge in [0, 0.05) is 23.6 Å². The van der Waals surface area contributed by atoms with Crippen LogP contribution in [0.25, 0.3) is 0 Å². The Kier molecular flexibility index (Phi) is 5.03. The van der Waals surface area contributed by atoms with Gasteiger partial charge in [0.1, 0.15) is 0 Å². The van der Waals surface area contributed by atoms with Crippen molar-refractivity contribution in [2.45, 2.75) is 13.0 Å². The van der Waals surface area contributed by atoms with Gasteiger partial charge in [-0.15, -0.1) is 0 Å². The number of nitrogens with two attached hydrogens (primary N) is 1. The minimum absolute atomic E-state index is 0.311. The van der Waals surface area contributed by atoms with Crippen LogP contribution in [0.15, 0.2) is 48.8 Å². The Hall–Kier alpha value is -3.22. The van der Waals surface area contributed by atoms with Crippen LogP contribution < -0.4 is 11.1 Å². The summed E-state index contributed by atoms with van der Waals surface area (Å²) in [7, 11) is 0. The Bertz CT molecular complexity index is 714. The van der Waals surface area contributed by atoms with Gasteiger partial charge in [-0.3, -0.25) is 14.6 Å². The Morgan fingerprint density at radius 1 is 1.04 bits per heavy atom. The fourth-order valence-electron chi connectivity index (χ4n) is 1.73. The van der Waals surface area contributed by atoms with Crippen LogP contribution in [0.2, 0.25) is 0 Å². The molecule has 0 bridgehead atoms. The molecule has 0 aliphatic heterocycles. The predicted octanol–water partition coefficient (Wildman–Crippen LogP) is 1.36. The summed E-state index contributed by atoms with van der Waals surface area (Å²) in [5.41, 5.74) is 6.24. The van der Waals surface area contributed by atoms with Crippen molar-refractivity contribution >= 4 is 23.5 Å². The zero-order valence-corrected chi connectivity index (χ0v) is 12.4. The second-order valence-corrected chi connectivity index (χ2v) is 4.71. The third kappa shape index (κ3) is 4.37. The standard InChI is InChI=1S/C16H15N3O4/c1-10(23-16(22)12-6-8-18-9-7-12)15(21)19-13-4-2-11(3-5-13)14(17)20/h2-10H,1H3,(H2,17,20)(H,19,21)/t10-/m1/s1. The maximum atomic E-state index is 12.0. The molecule has 23 heavy (non-hydrogen) atoms. The summed E-state index contributed by atoms with van der Waals surface area (Å²) in [5, 5.41) is 2.58. The second kappa shape index (κ2) is 7.17. The summed E-state index contributed by atoms with van der Waals surface area (Å²) in [6.45, 7) is 1.46. The van der Waals surface area contributed by atoms with E-state index in [2.05, 4.69) is 10.3 Å². The van der Waals surface area contributed by atoms with Crippen molar-refractivity contribution in [1.29, 1.82) is 0 Å². The highest BCUT2D eigenvalue weighted by atomic mass is 16.5. The number of rotatable bonds is 5. The number of anilines is 1. The number of pyridine rings is 1. The normalized spacial score (nSPS) is 11.3. The third-order valence-corrected chi connectivity index (χ3v) is 3.01. The van der Waals surface area contributed by atoms with E-state index in [0.29, 0.717) is 16.8 Å². The quantitative estimate of drug-likeness (QED) is 0.810. The molecule has 3 N–H and O–H groups in total. The first-order valence-electron chi connectivity index (χ1n) is 6.79. The number of primary amides is 1. The molecule has 0 fully saturated rings. The molecule has 1 heterocycles. The largest absolute Gasteiger partial charge is 0.449 e. The number of hydrogen-bond acceptors (Lipinski definition) is 5. The lowest BCUT2D eigenvalue weighted by molar-refractivity contribution is -0.123. The highest BCUT2D eigenvalue weighted by Gasteiger charge is 2.19. The summed E-state index contributed by atoms with van der Waals surface area (Å²) in [4.78, 5) is 38.6. The van der Waals surface area contributed by atoms with Gasteiger partial charge < -0.3 is 15.8 Å². The number of nitrogens with one attached hydrogen (secondary N) is 1. The van der Waals surface area contributed by atoms with E-state index in [1.165, 1.54) is 55.7 Å². The van der Waals surface area contributed by atoms with Gasteiger partial charge in [0.05, 0.1) is 5.56 Å². The monoisotopic (exact) mass is 313 g/mol. The van der Waals surface area contributed by atoms with Gasteiger partial charge >= 0.3 is 5.97 Å². The molecule has 0 aliphatic carbocycles. The molecule has 1 aromatic heterocycles. The molecule has 0 saturated carbocycles. The Labute approximate surface area is 132 Å². The van der Waals surface area contributed by atoms with Crippen LogP contribution in [-0.4, -0.2) is 28.9 Å². The van der Waals surface area contributed by atoms with E-state index in [9.17, 15) is 14.4 Å². The molecule has 7 heteroatoms. The van der Waals surface area contributed by atoms with Crippen molar-refractivity contribution in [3.05, 3.63) is 59.9 Å². The molecule has 0 radical (unpaired) electrons. The molecule has 0 aliphatic rings. The molecular weight excluding hydrogens is 298 g/mol. The molecule has 1 aromatic carbocycles. The molecule has 2 amide bonds. The van der Waals surface area contributed by atoms with Crippen molar-refractivity contribution in [3.63, 3.8) is 0 Å². The van der Waals surface area contributed by atoms with Crippen LogP contribution >= 0.6 is 0 Å². The van der Waals surface area contributed by atoms with Crippen LogP contribution in [0.4, 0.5) is 5.69 Å². The number of carbonyl (C=O) groups is 3. The molecule has 2 aromatic rings. The van der Waals surface area contributed by atoms with Crippen molar-refractivity contribution < 1.29 is 19.1 Å². The lowest BCUT2D eigenvalue weighted by Crippen LogP contribution is -2.30. The average molecular weight is 313 g/mol. The fourth-order valence-corrected chi connectivity index (χ4v) is 1.73. The number of hydrogen-bond donors (Lipinski definition) is 2. The fraction of sp³-hybridized carbons (Fsp3) is 0.125. The van der Waals surface area contributed by atoms with Gasteiger partial charge in [0.25, 0.3) is 5.91 Å². The number of ether oxygens (including phenoxy) is 1. The molecule has 0 spiro atoms. The smallest absolute Gasteiger partial charge is 0.339 e. The minimum atomic E-state index is -0.980. The molecule has 7 nitrogen and oxygen atoms in total. The van der Waals surface area contributed by atoms with E-state index >= 15 is 0 Å². The zero-order valence-electron chi connectivity index (χ0n) is 12.4. The number of amides is 2. The van der Waals surface area contributed by atoms with Crippen molar-refractivity contribution in [2.24, 2.45) is 5.73 Å². The maximum absolute atomic E-state index is 12.0. The Morgan fingerprint density at radius 3 is 2.22 bits per heavy atom. The number of nitrogens with zero attached hydrogens (tertiary/aromatic N) is 1. The van der Waals surface area contributed by atoms with E-state index in [-0.39, 0.29) is 0 Å². The second-order valence-electron chi connectivity index (χ2n) is 4.71. The Balaban J connectivity index is 1.94. The molecule has 118 valence electrons. The van der Waals surface area contributed by atoms with Crippen LogP contribution in [0.3, 0.4) is 0 Å². The van der Waals surface area contributed by atoms with Crippen molar-refractivity contribution in [3.8, 4) is 0 Å². The summed E-state index contributed by atoms with van der Waals surface area (Å²) >= 11 is 0. The Morgan fingerprint density at radius 2 is 1.65 bits per heavy atom. The summed E-state index contributed by atoms with van der Waals surface area (Å²) in [5.74, 6) is -1.65. The first-order valence-corrected chi connectivity index (χ1v) is 6.79. The summed E-state index contributed by atoms with van der Waals surface area (Å²) in [6, 6.07) is 9.05. The van der Waals surface area contributed by atoms with Crippen LogP contribution in [0, 0.1) is 0 Å². The average Bonchev–Trinajstić information content (AvgIpc) is 2.56. The SMILES string of the molecule is C[C@@H](OC(=O)c1ccncc1)C(=O)Nc1ccc(C(N)=O)cc1. The van der Waals surface area contributed by atoms with E-state index in [1.807, 2.05) is 0 Å².